The smallest absolute Gasteiger partial charge is 0.238 e. The fraction of sp³-hybridized carbons (Fsp3) is 0.263. The molecule has 2 N–H and O–H groups in total. The summed E-state index contributed by atoms with van der Waals surface area (Å²) in [5.74, 6) is -0.0233. The maximum absolute atomic E-state index is 12.3. The van der Waals surface area contributed by atoms with Crippen molar-refractivity contribution in [2.24, 2.45) is 0 Å². The zero-order valence-electron chi connectivity index (χ0n) is 15.4. The molecule has 9 heteroatoms. The van der Waals surface area contributed by atoms with Crippen LogP contribution in [0.5, 0.6) is 5.75 Å². The zero-order valence-corrected chi connectivity index (χ0v) is 17.7. The van der Waals surface area contributed by atoms with Crippen LogP contribution in [0.3, 0.4) is 0 Å². The van der Waals surface area contributed by atoms with Gasteiger partial charge >= 0.3 is 0 Å². The molecule has 0 atom stereocenters. The van der Waals surface area contributed by atoms with Crippen molar-refractivity contribution in [1.82, 2.24) is 4.90 Å². The number of ether oxygens (including phenoxy) is 1. The summed E-state index contributed by atoms with van der Waals surface area (Å²) in [4.78, 5) is 26.3. The molecule has 2 aromatic carbocycles. The molecule has 0 radical (unpaired) electrons. The summed E-state index contributed by atoms with van der Waals surface area (Å²) in [6.07, 6.45) is 0. The molecule has 6 nitrogen and oxygen atoms in total. The molecule has 0 aromatic heterocycles. The Kier molecular flexibility index (Phi) is 8.38. The van der Waals surface area contributed by atoms with Gasteiger partial charge in [0.1, 0.15) is 5.75 Å². The van der Waals surface area contributed by atoms with Crippen LogP contribution in [0.15, 0.2) is 36.4 Å². The second-order valence-corrected chi connectivity index (χ2v) is 7.07. The van der Waals surface area contributed by atoms with Crippen molar-refractivity contribution in [2.45, 2.75) is 6.92 Å². The molecule has 2 amide bonds. The highest BCUT2D eigenvalue weighted by Gasteiger charge is 2.16. The van der Waals surface area contributed by atoms with Crippen molar-refractivity contribution < 1.29 is 14.3 Å². The first-order chi connectivity index (χ1) is 13.3. The Morgan fingerprint density at radius 3 is 2.11 bits per heavy atom. The number of amides is 2. The first-order valence-corrected chi connectivity index (χ1v) is 9.57. The molecular weight excluding hydrogens is 425 g/mol. The Labute approximate surface area is 178 Å². The lowest BCUT2D eigenvalue weighted by Crippen LogP contribution is -2.38. The van der Waals surface area contributed by atoms with Gasteiger partial charge in [0.05, 0.1) is 46.6 Å². The summed E-state index contributed by atoms with van der Waals surface area (Å²) < 4.78 is 5.21. The normalized spacial score (nSPS) is 10.6. The van der Waals surface area contributed by atoms with Gasteiger partial charge in [0.25, 0.3) is 0 Å². The molecule has 0 heterocycles. The fourth-order valence-electron chi connectivity index (χ4n) is 2.43. The molecule has 0 saturated carbocycles. The summed E-state index contributed by atoms with van der Waals surface area (Å²) in [5.41, 5.74) is 0.925. The number of rotatable bonds is 8. The Balaban J connectivity index is 1.95. The van der Waals surface area contributed by atoms with Crippen LogP contribution in [0, 0.1) is 0 Å². The molecule has 0 unspecified atom stereocenters. The highest BCUT2D eigenvalue weighted by atomic mass is 35.5. The van der Waals surface area contributed by atoms with E-state index in [0.717, 1.165) is 0 Å². The van der Waals surface area contributed by atoms with E-state index in [9.17, 15) is 9.59 Å². The summed E-state index contributed by atoms with van der Waals surface area (Å²) in [6, 6.07) is 10.0. The summed E-state index contributed by atoms with van der Waals surface area (Å²) in [6.45, 7) is 2.40. The van der Waals surface area contributed by atoms with Crippen LogP contribution in [0.2, 0.25) is 15.1 Å². The van der Waals surface area contributed by atoms with E-state index in [0.29, 0.717) is 28.7 Å². The standard InChI is InChI=1S/C19H20Cl3N3O3/c1-3-25(10-18(26)23-15-6-4-5-7-17(15)28-2)11-19(27)24-16-9-13(21)12(20)8-14(16)22/h4-9H,3,10-11H2,1-2H3,(H,23,26)(H,24,27). The lowest BCUT2D eigenvalue weighted by molar-refractivity contribution is -0.119. The molecule has 2 aromatic rings. The molecule has 0 aliphatic heterocycles. The third-order valence-electron chi connectivity index (χ3n) is 3.85. The van der Waals surface area contributed by atoms with Crippen LogP contribution < -0.4 is 15.4 Å². The number of halogens is 3. The van der Waals surface area contributed by atoms with E-state index < -0.39 is 0 Å². The predicted octanol–water partition coefficient (Wildman–Crippen LogP) is 4.55. The van der Waals surface area contributed by atoms with E-state index in [1.807, 2.05) is 13.0 Å². The average molecular weight is 445 g/mol. The lowest BCUT2D eigenvalue weighted by Gasteiger charge is -2.20. The van der Waals surface area contributed by atoms with Crippen LogP contribution in [0.1, 0.15) is 6.92 Å². The van der Waals surface area contributed by atoms with Gasteiger partial charge in [0.15, 0.2) is 0 Å². The molecule has 150 valence electrons. The van der Waals surface area contributed by atoms with Crippen LogP contribution in [-0.2, 0) is 9.59 Å². The summed E-state index contributed by atoms with van der Waals surface area (Å²) in [7, 11) is 1.53. The first-order valence-electron chi connectivity index (χ1n) is 8.43. The number of benzene rings is 2. The van der Waals surface area contributed by atoms with Gasteiger partial charge in [0.2, 0.25) is 11.8 Å². The quantitative estimate of drug-likeness (QED) is 0.586. The number of carbonyl (C=O) groups is 2. The van der Waals surface area contributed by atoms with E-state index in [1.54, 1.807) is 23.1 Å². The van der Waals surface area contributed by atoms with E-state index in [4.69, 9.17) is 39.5 Å². The van der Waals surface area contributed by atoms with E-state index in [-0.39, 0.29) is 34.9 Å². The first kappa shape index (κ1) is 22.3. The fourth-order valence-corrected chi connectivity index (χ4v) is 3.03. The highest BCUT2D eigenvalue weighted by molar-refractivity contribution is 6.44. The monoisotopic (exact) mass is 443 g/mol. The topological polar surface area (TPSA) is 70.7 Å². The number of nitrogens with one attached hydrogen (secondary N) is 2. The molecular formula is C19H20Cl3N3O3. The molecule has 0 fully saturated rings. The third kappa shape index (κ3) is 6.27. The summed E-state index contributed by atoms with van der Waals surface area (Å²) in [5, 5.41) is 6.32. The molecule has 0 aliphatic rings. The van der Waals surface area contributed by atoms with Gasteiger partial charge in [-0.1, -0.05) is 53.9 Å². The number of nitrogens with zero attached hydrogens (tertiary/aromatic N) is 1. The Hall–Kier alpha value is -1.99. The van der Waals surface area contributed by atoms with E-state index >= 15 is 0 Å². The van der Waals surface area contributed by atoms with Crippen LogP contribution >= 0.6 is 34.8 Å². The van der Waals surface area contributed by atoms with Crippen LogP contribution in [-0.4, -0.2) is 43.5 Å². The van der Waals surface area contributed by atoms with Gasteiger partial charge in [-0.3, -0.25) is 14.5 Å². The van der Waals surface area contributed by atoms with E-state index in [2.05, 4.69) is 10.6 Å². The SMILES string of the molecule is CCN(CC(=O)Nc1cc(Cl)c(Cl)cc1Cl)CC(=O)Nc1ccccc1OC. The van der Waals surface area contributed by atoms with Crippen LogP contribution in [0.4, 0.5) is 11.4 Å². The maximum Gasteiger partial charge on any atom is 0.238 e. The van der Waals surface area contributed by atoms with E-state index in [1.165, 1.54) is 19.2 Å². The molecule has 0 bridgehead atoms. The third-order valence-corrected chi connectivity index (χ3v) is 4.88. The van der Waals surface area contributed by atoms with Crippen molar-refractivity contribution in [3.8, 4) is 5.75 Å². The van der Waals surface area contributed by atoms with Crippen molar-refractivity contribution in [2.75, 3.05) is 37.4 Å². The minimum Gasteiger partial charge on any atom is -0.495 e. The molecule has 0 saturated heterocycles. The second kappa shape index (κ2) is 10.5. The van der Waals surface area contributed by atoms with Gasteiger partial charge in [-0.15, -0.1) is 0 Å². The van der Waals surface area contributed by atoms with Gasteiger partial charge in [-0.2, -0.15) is 0 Å². The zero-order chi connectivity index (χ0) is 20.7. The molecule has 2 rings (SSSR count). The van der Waals surface area contributed by atoms with Crippen molar-refractivity contribution in [3.05, 3.63) is 51.5 Å². The molecule has 0 aliphatic carbocycles. The molecule has 0 spiro atoms. The van der Waals surface area contributed by atoms with Crippen molar-refractivity contribution >= 4 is 58.0 Å². The summed E-state index contributed by atoms with van der Waals surface area (Å²) >= 11 is 17.9. The van der Waals surface area contributed by atoms with Crippen LogP contribution in [0.25, 0.3) is 0 Å². The average Bonchev–Trinajstić information content (AvgIpc) is 2.65. The number of hydrogen-bond acceptors (Lipinski definition) is 4. The van der Waals surface area contributed by atoms with Gasteiger partial charge in [0, 0.05) is 0 Å². The van der Waals surface area contributed by atoms with Gasteiger partial charge in [-0.25, -0.2) is 0 Å². The number of para-hydroxylation sites is 2. The van der Waals surface area contributed by atoms with Gasteiger partial charge in [-0.05, 0) is 30.8 Å². The maximum atomic E-state index is 12.3. The Morgan fingerprint density at radius 1 is 0.929 bits per heavy atom. The number of carbonyl (C=O) groups excluding carboxylic acids is 2. The highest BCUT2D eigenvalue weighted by Crippen LogP contribution is 2.32. The van der Waals surface area contributed by atoms with Crippen molar-refractivity contribution in [1.29, 1.82) is 0 Å². The number of anilines is 2. The largest absolute Gasteiger partial charge is 0.495 e. The Morgan fingerprint density at radius 2 is 1.50 bits per heavy atom. The Bertz CT molecular complexity index is 862. The number of methoxy groups -OCH3 is 1. The minimum absolute atomic E-state index is 0.00637. The second-order valence-electron chi connectivity index (χ2n) is 5.85. The minimum atomic E-state index is -0.327. The predicted molar refractivity (Wildman–Crippen MR) is 114 cm³/mol. The number of hydrogen-bond donors (Lipinski definition) is 2. The van der Waals surface area contributed by atoms with Gasteiger partial charge < -0.3 is 15.4 Å². The number of likely N-dealkylation sites (N-methyl/N-ethyl adjacent to an activating group) is 1. The molecule has 28 heavy (non-hydrogen) atoms. The van der Waals surface area contributed by atoms with Crippen molar-refractivity contribution in [3.63, 3.8) is 0 Å². The lowest BCUT2D eigenvalue weighted by atomic mass is 10.3.